The van der Waals surface area contributed by atoms with E-state index in [0.29, 0.717) is 5.75 Å². The van der Waals surface area contributed by atoms with E-state index in [-0.39, 0.29) is 0 Å². The molecule has 0 aliphatic heterocycles. The van der Waals surface area contributed by atoms with Crippen LogP contribution in [0.15, 0.2) is 6.07 Å². The van der Waals surface area contributed by atoms with Crippen molar-refractivity contribution in [2.75, 3.05) is 0 Å². The van der Waals surface area contributed by atoms with Gasteiger partial charge in [-0.05, 0) is 31.9 Å². The molecule has 1 heterocycles. The maximum Gasteiger partial charge on any atom is 0.139 e. The highest BCUT2D eigenvalue weighted by molar-refractivity contribution is 5.35. The molecule has 1 aromatic heterocycles. The fraction of sp³-hybridized carbons (Fsp3) is 0.643. The van der Waals surface area contributed by atoms with Crippen LogP contribution >= 0.6 is 0 Å². The van der Waals surface area contributed by atoms with Crippen LogP contribution in [0.2, 0.25) is 0 Å². The van der Waals surface area contributed by atoms with Gasteiger partial charge in [0.1, 0.15) is 5.75 Å². The van der Waals surface area contributed by atoms with Crippen LogP contribution in [0.25, 0.3) is 0 Å². The molecule has 1 rings (SSSR count). The van der Waals surface area contributed by atoms with Crippen LogP contribution in [0, 0.1) is 13.8 Å². The van der Waals surface area contributed by atoms with Crippen LogP contribution in [0.4, 0.5) is 0 Å². The predicted molar refractivity (Wildman–Crippen MR) is 72.1 cm³/mol. The SMILES string of the molecule is CC.CC.CCCc1cc(C)c(O)c(C)n1. The molecular weight excluding hydrogens is 198 g/mol. The predicted octanol–water partition coefficient (Wildman–Crippen LogP) is 4.41. The first-order valence-corrected chi connectivity index (χ1v) is 6.31. The second kappa shape index (κ2) is 10.5. The van der Waals surface area contributed by atoms with Gasteiger partial charge in [0.05, 0.1) is 5.69 Å². The molecule has 0 radical (unpaired) electrons. The summed E-state index contributed by atoms with van der Waals surface area (Å²) in [6.45, 7) is 13.9. The molecule has 0 aromatic carbocycles. The summed E-state index contributed by atoms with van der Waals surface area (Å²) in [5.41, 5.74) is 2.73. The molecule has 2 nitrogen and oxygen atoms in total. The summed E-state index contributed by atoms with van der Waals surface area (Å²) in [7, 11) is 0. The zero-order valence-electron chi connectivity index (χ0n) is 11.9. The van der Waals surface area contributed by atoms with E-state index in [2.05, 4.69) is 11.9 Å². The first-order valence-electron chi connectivity index (χ1n) is 6.31. The van der Waals surface area contributed by atoms with Crippen LogP contribution in [0.3, 0.4) is 0 Å². The van der Waals surface area contributed by atoms with E-state index in [1.165, 1.54) is 0 Å². The molecule has 1 N–H and O–H groups in total. The minimum absolute atomic E-state index is 0.329. The van der Waals surface area contributed by atoms with Crippen LogP contribution in [-0.2, 0) is 6.42 Å². The van der Waals surface area contributed by atoms with Gasteiger partial charge in [-0.1, -0.05) is 41.0 Å². The van der Waals surface area contributed by atoms with Crippen molar-refractivity contribution in [2.45, 2.75) is 61.3 Å². The lowest BCUT2D eigenvalue weighted by molar-refractivity contribution is 0.462. The van der Waals surface area contributed by atoms with Gasteiger partial charge < -0.3 is 5.11 Å². The molecule has 2 heteroatoms. The summed E-state index contributed by atoms with van der Waals surface area (Å²) >= 11 is 0. The maximum atomic E-state index is 9.44. The second-order valence-electron chi connectivity index (χ2n) is 3.11. The van der Waals surface area contributed by atoms with Gasteiger partial charge >= 0.3 is 0 Å². The van der Waals surface area contributed by atoms with Crippen LogP contribution in [-0.4, -0.2) is 10.1 Å². The molecule has 0 atom stereocenters. The quantitative estimate of drug-likeness (QED) is 0.808. The Bertz CT molecular complexity index is 259. The topological polar surface area (TPSA) is 33.1 Å². The fourth-order valence-corrected chi connectivity index (χ4v) is 1.29. The smallest absolute Gasteiger partial charge is 0.139 e. The normalized spacial score (nSPS) is 8.44. The molecule has 0 amide bonds. The van der Waals surface area contributed by atoms with E-state index >= 15 is 0 Å². The van der Waals surface area contributed by atoms with Gasteiger partial charge in [0, 0.05) is 5.69 Å². The minimum atomic E-state index is 0.329. The molecule has 0 unspecified atom stereocenters. The number of aromatic nitrogens is 1. The summed E-state index contributed by atoms with van der Waals surface area (Å²) in [5.74, 6) is 0.329. The number of pyridine rings is 1. The molecule has 0 spiro atoms. The van der Waals surface area contributed by atoms with Gasteiger partial charge in [-0.25, -0.2) is 0 Å². The Morgan fingerprint density at radius 2 is 1.62 bits per heavy atom. The molecule has 0 saturated carbocycles. The Morgan fingerprint density at radius 3 is 2.00 bits per heavy atom. The molecule has 0 bridgehead atoms. The number of nitrogens with zero attached hydrogens (tertiary/aromatic N) is 1. The van der Waals surface area contributed by atoms with Crippen molar-refractivity contribution in [1.82, 2.24) is 4.98 Å². The standard InChI is InChI=1S/C10H15NO.2C2H6/c1-4-5-9-6-7(2)10(12)8(3)11-9;2*1-2/h6,12H,4-5H2,1-3H3;2*1-2H3. The Kier molecular flexibility index (Phi) is 11.3. The Hall–Kier alpha value is -1.05. The van der Waals surface area contributed by atoms with Crippen molar-refractivity contribution >= 4 is 0 Å². The average Bonchev–Trinajstić information content (AvgIpc) is 2.31. The Labute approximate surface area is 101 Å². The first-order chi connectivity index (χ1) is 7.65. The van der Waals surface area contributed by atoms with Gasteiger partial charge in [-0.3, -0.25) is 4.98 Å². The molecule has 0 fully saturated rings. The van der Waals surface area contributed by atoms with Gasteiger partial charge in [0.2, 0.25) is 0 Å². The number of hydrogen-bond acceptors (Lipinski definition) is 2. The minimum Gasteiger partial charge on any atom is -0.506 e. The number of rotatable bonds is 2. The molecule has 94 valence electrons. The van der Waals surface area contributed by atoms with E-state index in [1.54, 1.807) is 0 Å². The highest BCUT2D eigenvalue weighted by Crippen LogP contribution is 2.20. The molecular formula is C14H27NO. The molecule has 0 aliphatic carbocycles. The third-order valence-electron chi connectivity index (χ3n) is 1.92. The number of aromatic hydroxyl groups is 1. The van der Waals surface area contributed by atoms with Gasteiger partial charge in [-0.2, -0.15) is 0 Å². The van der Waals surface area contributed by atoms with Crippen LogP contribution in [0.5, 0.6) is 5.75 Å². The van der Waals surface area contributed by atoms with Crippen molar-refractivity contribution in [2.24, 2.45) is 0 Å². The van der Waals surface area contributed by atoms with Crippen molar-refractivity contribution in [1.29, 1.82) is 0 Å². The summed E-state index contributed by atoms with van der Waals surface area (Å²) < 4.78 is 0. The highest BCUT2D eigenvalue weighted by Gasteiger charge is 2.03. The summed E-state index contributed by atoms with van der Waals surface area (Å²) in [5, 5.41) is 9.44. The van der Waals surface area contributed by atoms with Gasteiger partial charge in [-0.15, -0.1) is 0 Å². The largest absolute Gasteiger partial charge is 0.506 e. The van der Waals surface area contributed by atoms with E-state index in [0.717, 1.165) is 29.8 Å². The monoisotopic (exact) mass is 225 g/mol. The molecule has 0 aliphatic rings. The number of aryl methyl sites for hydroxylation is 3. The first kappa shape index (κ1) is 17.3. The third kappa shape index (κ3) is 5.74. The fourth-order valence-electron chi connectivity index (χ4n) is 1.29. The highest BCUT2D eigenvalue weighted by atomic mass is 16.3. The Balaban J connectivity index is 0. The third-order valence-corrected chi connectivity index (χ3v) is 1.92. The van der Waals surface area contributed by atoms with Gasteiger partial charge in [0.15, 0.2) is 0 Å². The van der Waals surface area contributed by atoms with E-state index in [9.17, 15) is 5.11 Å². The van der Waals surface area contributed by atoms with Crippen molar-refractivity contribution in [3.05, 3.63) is 23.0 Å². The van der Waals surface area contributed by atoms with E-state index in [1.807, 2.05) is 47.6 Å². The maximum absolute atomic E-state index is 9.44. The van der Waals surface area contributed by atoms with Gasteiger partial charge in [0.25, 0.3) is 0 Å². The average molecular weight is 225 g/mol. The van der Waals surface area contributed by atoms with Crippen LogP contribution < -0.4 is 0 Å². The second-order valence-corrected chi connectivity index (χ2v) is 3.11. The molecule has 16 heavy (non-hydrogen) atoms. The lowest BCUT2D eigenvalue weighted by Gasteiger charge is -2.05. The Morgan fingerprint density at radius 1 is 1.12 bits per heavy atom. The van der Waals surface area contributed by atoms with Crippen molar-refractivity contribution < 1.29 is 5.11 Å². The molecule has 0 saturated heterocycles. The number of hydrogen-bond donors (Lipinski definition) is 1. The summed E-state index contributed by atoms with van der Waals surface area (Å²) in [4.78, 5) is 4.27. The lowest BCUT2D eigenvalue weighted by atomic mass is 10.1. The zero-order valence-corrected chi connectivity index (χ0v) is 11.9. The van der Waals surface area contributed by atoms with Crippen molar-refractivity contribution in [3.63, 3.8) is 0 Å². The zero-order chi connectivity index (χ0) is 13.1. The summed E-state index contributed by atoms with van der Waals surface area (Å²) in [6, 6.07) is 1.95. The van der Waals surface area contributed by atoms with Crippen molar-refractivity contribution in [3.8, 4) is 5.75 Å². The van der Waals surface area contributed by atoms with E-state index in [4.69, 9.17) is 0 Å². The summed E-state index contributed by atoms with van der Waals surface area (Å²) in [6.07, 6.45) is 2.08. The lowest BCUT2D eigenvalue weighted by Crippen LogP contribution is -1.94. The van der Waals surface area contributed by atoms with Crippen LogP contribution in [0.1, 0.15) is 58.0 Å². The molecule has 1 aromatic rings. The van der Waals surface area contributed by atoms with E-state index < -0.39 is 0 Å².